The summed E-state index contributed by atoms with van der Waals surface area (Å²) in [7, 11) is -3.66. The van der Waals surface area contributed by atoms with Crippen molar-refractivity contribution in [3.8, 4) is 5.75 Å². The van der Waals surface area contributed by atoms with Gasteiger partial charge in [0.15, 0.2) is 0 Å². The van der Waals surface area contributed by atoms with Crippen LogP contribution in [-0.4, -0.2) is 27.5 Å². The Morgan fingerprint density at radius 3 is 2.57 bits per heavy atom. The van der Waals surface area contributed by atoms with Crippen molar-refractivity contribution in [2.45, 2.75) is 38.8 Å². The number of hydrogen-bond acceptors (Lipinski definition) is 5. The molecule has 0 atom stereocenters. The highest BCUT2D eigenvalue weighted by Crippen LogP contribution is 2.39. The zero-order valence-electron chi connectivity index (χ0n) is 16.8. The van der Waals surface area contributed by atoms with Gasteiger partial charge in [0.05, 0.1) is 16.8 Å². The van der Waals surface area contributed by atoms with Crippen LogP contribution in [-0.2, 0) is 14.8 Å². The largest absolute Gasteiger partial charge is 0.490 e. The molecule has 0 spiro atoms. The van der Waals surface area contributed by atoms with Gasteiger partial charge in [-0.1, -0.05) is 13.8 Å². The van der Waals surface area contributed by atoms with Gasteiger partial charge in [-0.05, 0) is 51.0 Å². The fourth-order valence-electron chi connectivity index (χ4n) is 3.02. The molecule has 1 aromatic heterocycles. The summed E-state index contributed by atoms with van der Waals surface area (Å²) in [6.07, 6.45) is 0. The predicted molar refractivity (Wildman–Crippen MR) is 113 cm³/mol. The maximum Gasteiger partial charge on any atom is 0.271 e. The zero-order chi connectivity index (χ0) is 20.7. The Labute approximate surface area is 170 Å². The van der Waals surface area contributed by atoms with E-state index in [1.54, 1.807) is 35.2 Å². The molecule has 1 aromatic carbocycles. The molecule has 6 nitrogen and oxygen atoms in total. The molecule has 2 heterocycles. The lowest BCUT2D eigenvalue weighted by molar-refractivity contribution is -0.127. The van der Waals surface area contributed by atoms with Gasteiger partial charge in [0.25, 0.3) is 10.0 Å². The number of fused-ring (bicyclic) bond motifs is 1. The molecule has 1 amide bonds. The Balaban J connectivity index is 1.96. The average molecular weight is 423 g/mol. The average Bonchev–Trinajstić information content (AvgIpc) is 3.01. The lowest BCUT2D eigenvalue weighted by Crippen LogP contribution is -2.43. The van der Waals surface area contributed by atoms with E-state index in [1.165, 1.54) is 11.3 Å². The van der Waals surface area contributed by atoms with Crippen LogP contribution in [0.1, 0.15) is 32.6 Å². The molecule has 1 aliphatic rings. The number of thiophene rings is 1. The Morgan fingerprint density at radius 2 is 1.96 bits per heavy atom. The van der Waals surface area contributed by atoms with Gasteiger partial charge in [-0.25, -0.2) is 8.42 Å². The van der Waals surface area contributed by atoms with Crippen molar-refractivity contribution < 1.29 is 17.9 Å². The second-order valence-corrected chi connectivity index (χ2v) is 11.3. The van der Waals surface area contributed by atoms with Gasteiger partial charge in [0, 0.05) is 17.5 Å². The minimum Gasteiger partial charge on any atom is -0.490 e. The Kier molecular flexibility index (Phi) is 5.46. The third-order valence-electron chi connectivity index (χ3n) is 4.44. The van der Waals surface area contributed by atoms with Crippen molar-refractivity contribution in [2.75, 3.05) is 22.8 Å². The van der Waals surface area contributed by atoms with Crippen LogP contribution in [0.25, 0.3) is 0 Å². The van der Waals surface area contributed by atoms with Crippen LogP contribution >= 0.6 is 11.3 Å². The first-order chi connectivity index (χ1) is 13.0. The number of nitrogens with zero attached hydrogens (tertiary/aromatic N) is 1. The third kappa shape index (κ3) is 4.17. The van der Waals surface area contributed by atoms with Crippen LogP contribution in [0.4, 0.5) is 11.4 Å². The van der Waals surface area contributed by atoms with Gasteiger partial charge in [0.2, 0.25) is 5.91 Å². The van der Waals surface area contributed by atoms with E-state index in [4.69, 9.17) is 4.74 Å². The summed E-state index contributed by atoms with van der Waals surface area (Å²) in [5.74, 6) is 0.787. The van der Waals surface area contributed by atoms with Crippen LogP contribution in [0, 0.1) is 18.3 Å². The van der Waals surface area contributed by atoms with Gasteiger partial charge in [-0.3, -0.25) is 9.52 Å². The molecule has 1 N–H and O–H groups in total. The van der Waals surface area contributed by atoms with Crippen LogP contribution in [0.3, 0.4) is 0 Å². The van der Waals surface area contributed by atoms with E-state index >= 15 is 0 Å². The first-order valence-corrected chi connectivity index (χ1v) is 11.5. The van der Waals surface area contributed by atoms with E-state index < -0.39 is 15.4 Å². The van der Waals surface area contributed by atoms with Gasteiger partial charge in [-0.15, -0.1) is 11.3 Å². The van der Waals surface area contributed by atoms with Crippen LogP contribution in [0.2, 0.25) is 0 Å². The molecule has 0 unspecified atom stereocenters. The standard InChI is InChI=1S/C20H26N2O4S2/c1-13(2)11-22-16-8-7-15(10-17(16)26-12-20(4,5)19(22)23)21-28(24,25)18-9-6-14(3)27-18/h6-10,13,21H,11-12H2,1-5H3. The SMILES string of the molecule is Cc1ccc(S(=O)(=O)Nc2ccc3c(c2)OCC(C)(C)C(=O)N3CC(C)C)s1. The third-order valence-corrected chi connectivity index (χ3v) is 7.32. The Morgan fingerprint density at radius 1 is 1.25 bits per heavy atom. The number of amides is 1. The quantitative estimate of drug-likeness (QED) is 0.781. The normalized spacial score (nSPS) is 16.5. The first kappa shape index (κ1) is 20.7. The van der Waals surface area contributed by atoms with E-state index in [9.17, 15) is 13.2 Å². The van der Waals surface area contributed by atoms with Crippen LogP contribution in [0.5, 0.6) is 5.75 Å². The van der Waals surface area contributed by atoms with Crippen LogP contribution in [0.15, 0.2) is 34.5 Å². The number of aryl methyl sites for hydroxylation is 1. The van der Waals surface area contributed by atoms with Gasteiger partial charge >= 0.3 is 0 Å². The fraction of sp³-hybridized carbons (Fsp3) is 0.450. The van der Waals surface area contributed by atoms with E-state index in [0.717, 1.165) is 4.88 Å². The summed E-state index contributed by atoms with van der Waals surface area (Å²) < 4.78 is 34.0. The molecule has 0 saturated carbocycles. The topological polar surface area (TPSA) is 75.7 Å². The molecular weight excluding hydrogens is 396 g/mol. The fourth-order valence-corrected chi connectivity index (χ4v) is 5.35. The number of rotatable bonds is 5. The maximum absolute atomic E-state index is 13.0. The molecule has 0 saturated heterocycles. The smallest absolute Gasteiger partial charge is 0.271 e. The summed E-state index contributed by atoms with van der Waals surface area (Å²) in [4.78, 5) is 15.7. The van der Waals surface area contributed by atoms with E-state index in [0.29, 0.717) is 23.7 Å². The number of nitrogens with one attached hydrogen (secondary N) is 1. The molecule has 2 aromatic rings. The van der Waals surface area contributed by atoms with Gasteiger partial charge in [0.1, 0.15) is 16.6 Å². The summed E-state index contributed by atoms with van der Waals surface area (Å²) in [6.45, 7) is 10.5. The second kappa shape index (κ2) is 7.40. The summed E-state index contributed by atoms with van der Waals surface area (Å²) in [5, 5.41) is 0. The summed E-state index contributed by atoms with van der Waals surface area (Å²) >= 11 is 1.22. The Hall–Kier alpha value is -2.06. The van der Waals surface area contributed by atoms with E-state index in [2.05, 4.69) is 18.6 Å². The van der Waals surface area contributed by atoms with Crippen molar-refractivity contribution in [3.63, 3.8) is 0 Å². The lowest BCUT2D eigenvalue weighted by Gasteiger charge is -2.29. The number of ether oxygens (including phenoxy) is 1. The highest BCUT2D eigenvalue weighted by molar-refractivity contribution is 7.94. The van der Waals surface area contributed by atoms with E-state index in [-0.39, 0.29) is 22.6 Å². The van der Waals surface area contributed by atoms with Crippen molar-refractivity contribution in [1.29, 1.82) is 0 Å². The molecule has 0 radical (unpaired) electrons. The highest BCUT2D eigenvalue weighted by atomic mass is 32.2. The van der Waals surface area contributed by atoms with Gasteiger partial charge < -0.3 is 9.64 Å². The number of carbonyl (C=O) groups excluding carboxylic acids is 1. The maximum atomic E-state index is 13.0. The molecule has 1 aliphatic heterocycles. The molecule has 0 fully saturated rings. The van der Waals surface area contributed by atoms with Crippen molar-refractivity contribution in [2.24, 2.45) is 11.3 Å². The monoisotopic (exact) mass is 422 g/mol. The molecule has 28 heavy (non-hydrogen) atoms. The molecule has 0 bridgehead atoms. The molecule has 8 heteroatoms. The summed E-state index contributed by atoms with van der Waals surface area (Å²) in [5.41, 5.74) is 0.405. The predicted octanol–water partition coefficient (Wildman–Crippen LogP) is 4.26. The number of benzene rings is 1. The summed E-state index contributed by atoms with van der Waals surface area (Å²) in [6, 6.07) is 8.42. The van der Waals surface area contributed by atoms with Crippen molar-refractivity contribution in [1.82, 2.24) is 0 Å². The number of carbonyl (C=O) groups is 1. The van der Waals surface area contributed by atoms with Crippen molar-refractivity contribution >= 4 is 38.6 Å². The lowest BCUT2D eigenvalue weighted by atomic mass is 9.92. The molecular formula is C20H26N2O4S2. The van der Waals surface area contributed by atoms with Crippen molar-refractivity contribution in [3.05, 3.63) is 35.2 Å². The van der Waals surface area contributed by atoms with E-state index in [1.807, 2.05) is 20.8 Å². The molecule has 3 rings (SSSR count). The molecule has 152 valence electrons. The number of anilines is 2. The number of hydrogen-bond donors (Lipinski definition) is 1. The minimum absolute atomic E-state index is 0.00217. The first-order valence-electron chi connectivity index (χ1n) is 9.18. The number of sulfonamides is 1. The Bertz CT molecular complexity index is 993. The molecule has 0 aliphatic carbocycles. The van der Waals surface area contributed by atoms with Crippen LogP contribution < -0.4 is 14.4 Å². The van der Waals surface area contributed by atoms with Gasteiger partial charge in [-0.2, -0.15) is 0 Å². The highest BCUT2D eigenvalue weighted by Gasteiger charge is 2.38. The second-order valence-electron chi connectivity index (χ2n) is 8.14. The zero-order valence-corrected chi connectivity index (χ0v) is 18.4. The minimum atomic E-state index is -3.66.